The van der Waals surface area contributed by atoms with Gasteiger partial charge < -0.3 is 33.4 Å². The van der Waals surface area contributed by atoms with Crippen molar-refractivity contribution in [1.29, 1.82) is 0 Å². The zero-order valence-corrected chi connectivity index (χ0v) is 38.8. The second kappa shape index (κ2) is 16.5. The number of nitrogens with zero attached hydrogens (tertiary/aromatic N) is 3. The van der Waals surface area contributed by atoms with Gasteiger partial charge in [0, 0.05) is 25.9 Å². The smallest absolute Gasteiger partial charge is 0.328 e. The zero-order chi connectivity index (χ0) is 41.7. The molecule has 0 aliphatic carbocycles. The number of hydrogen-bond acceptors (Lipinski definition) is 11. The Bertz CT molecular complexity index is 1510. The molecule has 0 spiro atoms. The van der Waals surface area contributed by atoms with E-state index in [0.29, 0.717) is 19.4 Å². The first-order valence-corrected chi connectivity index (χ1v) is 27.0. The summed E-state index contributed by atoms with van der Waals surface area (Å²) in [7, 11) is -5.13. The van der Waals surface area contributed by atoms with Crippen LogP contribution in [0.1, 0.15) is 82.1 Å². The number of hydrogen-bond donors (Lipinski definition) is 1. The molecule has 312 valence electrons. The Morgan fingerprint density at radius 2 is 1.15 bits per heavy atom. The summed E-state index contributed by atoms with van der Waals surface area (Å²) in [6.07, 6.45) is 1.41. The molecule has 4 fully saturated rings. The Labute approximate surface area is 327 Å². The number of carbonyl (C=O) groups excluding carboxylic acids is 4. The lowest BCUT2D eigenvalue weighted by atomic mass is 9.98. The highest BCUT2D eigenvalue weighted by atomic mass is 32.2. The van der Waals surface area contributed by atoms with E-state index in [4.69, 9.17) is 18.3 Å². The lowest BCUT2D eigenvalue weighted by molar-refractivity contribution is -0.157. The minimum absolute atomic E-state index is 0.0111. The van der Waals surface area contributed by atoms with Crippen LogP contribution < -0.4 is 5.32 Å². The molecule has 4 heterocycles. The Morgan fingerprint density at radius 3 is 1.50 bits per heavy atom. The predicted octanol–water partition coefficient (Wildman–Crippen LogP) is 3.97. The van der Waals surface area contributed by atoms with Crippen molar-refractivity contribution in [3.63, 3.8) is 0 Å². The monoisotopic (exact) mass is 818 g/mol. The second-order valence-electron chi connectivity index (χ2n) is 19.2. The normalized spacial score (nSPS) is 29.9. The summed E-state index contributed by atoms with van der Waals surface area (Å²) in [6.45, 7) is 30.0. The molecule has 17 heteroatoms. The number of fused-ring (bicyclic) bond motifs is 2. The van der Waals surface area contributed by atoms with Crippen LogP contribution in [0.4, 0.5) is 0 Å². The number of methoxy groups -OCH3 is 2. The van der Waals surface area contributed by atoms with Crippen molar-refractivity contribution in [2.45, 2.75) is 167 Å². The summed E-state index contributed by atoms with van der Waals surface area (Å²) >= 11 is 0. The topological polar surface area (TPSA) is 161 Å². The van der Waals surface area contributed by atoms with E-state index in [1.807, 2.05) is 27.7 Å². The molecule has 4 aliphatic rings. The standard InChI is InChI=1S/C19H36N2O6SSi.C18H34N2O4Si/c1-12(2)16-17(22)21-13(18(23)26-6)10-15(27-29(8,9)19(3,4)5)14(21)11-20(16)28(7,24)25;1-11(2)15-16(21)20-12(17(22)23-6)9-14(13(20)10-19-15)24-25(7,8)18(3,4)5/h12-16H,10-11H2,1-9H3;11-15,19H,9-10H2,1-8H3/t13-,14+,15+,16+;12-,13+,14+,15+/m00/s1. The Kier molecular flexibility index (Phi) is 14.2. The van der Waals surface area contributed by atoms with E-state index < -0.39 is 62.9 Å². The van der Waals surface area contributed by atoms with E-state index in [1.54, 1.807) is 4.90 Å². The number of amides is 2. The van der Waals surface area contributed by atoms with Gasteiger partial charge in [0.2, 0.25) is 21.8 Å². The van der Waals surface area contributed by atoms with Gasteiger partial charge in [-0.25, -0.2) is 18.0 Å². The minimum atomic E-state index is -3.61. The number of esters is 2. The minimum Gasteiger partial charge on any atom is -0.467 e. The van der Waals surface area contributed by atoms with Crippen molar-refractivity contribution in [2.75, 3.05) is 33.6 Å². The Morgan fingerprint density at radius 1 is 0.741 bits per heavy atom. The molecule has 4 aliphatic heterocycles. The van der Waals surface area contributed by atoms with Gasteiger partial charge in [0.05, 0.1) is 50.8 Å². The summed E-state index contributed by atoms with van der Waals surface area (Å²) < 4.78 is 49.4. The van der Waals surface area contributed by atoms with Gasteiger partial charge in [-0.15, -0.1) is 0 Å². The number of nitrogens with one attached hydrogen (secondary N) is 1. The maximum Gasteiger partial charge on any atom is 0.328 e. The molecule has 4 saturated heterocycles. The highest BCUT2D eigenvalue weighted by Gasteiger charge is 2.58. The van der Waals surface area contributed by atoms with Gasteiger partial charge in [-0.2, -0.15) is 4.31 Å². The molecular weight excluding hydrogens is 749 g/mol. The fourth-order valence-corrected chi connectivity index (χ4v) is 11.4. The van der Waals surface area contributed by atoms with Gasteiger partial charge in [0.25, 0.3) is 0 Å². The molecule has 4 rings (SSSR count). The van der Waals surface area contributed by atoms with Crippen LogP contribution in [0.2, 0.25) is 36.3 Å². The number of carbonyl (C=O) groups is 4. The third kappa shape index (κ3) is 9.44. The molecule has 0 saturated carbocycles. The summed E-state index contributed by atoms with van der Waals surface area (Å²) in [6, 6.07) is -3.00. The van der Waals surface area contributed by atoms with E-state index in [1.165, 1.54) is 23.4 Å². The molecule has 14 nitrogen and oxygen atoms in total. The van der Waals surface area contributed by atoms with Gasteiger partial charge in [0.15, 0.2) is 16.6 Å². The third-order valence-electron chi connectivity index (χ3n) is 12.6. The molecule has 0 unspecified atom stereocenters. The summed E-state index contributed by atoms with van der Waals surface area (Å²) in [5.74, 6) is -1.24. The van der Waals surface area contributed by atoms with E-state index >= 15 is 0 Å². The maximum absolute atomic E-state index is 13.4. The van der Waals surface area contributed by atoms with E-state index in [9.17, 15) is 27.6 Å². The first kappa shape index (κ1) is 46.5. The van der Waals surface area contributed by atoms with Crippen LogP contribution in [0.25, 0.3) is 0 Å². The van der Waals surface area contributed by atoms with E-state index in [0.717, 1.165) is 6.26 Å². The lowest BCUT2D eigenvalue weighted by Gasteiger charge is -2.46. The zero-order valence-electron chi connectivity index (χ0n) is 35.9. The maximum atomic E-state index is 13.4. The largest absolute Gasteiger partial charge is 0.467 e. The quantitative estimate of drug-likeness (QED) is 0.265. The number of rotatable bonds is 9. The fraction of sp³-hybridized carbons (Fsp3) is 0.892. The van der Waals surface area contributed by atoms with Gasteiger partial charge in [-0.3, -0.25) is 9.59 Å². The molecule has 0 aromatic heterocycles. The summed E-state index contributed by atoms with van der Waals surface area (Å²) in [5, 5.41) is 3.38. The molecule has 8 atom stereocenters. The van der Waals surface area contributed by atoms with Gasteiger partial charge in [-0.1, -0.05) is 69.2 Å². The molecular formula is C37H70N4O10SSi2. The average Bonchev–Trinajstić information content (AvgIpc) is 3.57. The van der Waals surface area contributed by atoms with Crippen molar-refractivity contribution in [3.8, 4) is 0 Å². The van der Waals surface area contributed by atoms with Crippen LogP contribution >= 0.6 is 0 Å². The Hall–Kier alpha value is -1.90. The van der Waals surface area contributed by atoms with Crippen LogP contribution in [-0.2, 0) is 47.5 Å². The molecule has 0 bridgehead atoms. The van der Waals surface area contributed by atoms with Crippen LogP contribution in [0.15, 0.2) is 0 Å². The van der Waals surface area contributed by atoms with Crippen LogP contribution in [-0.4, -0.2) is 145 Å². The van der Waals surface area contributed by atoms with Crippen LogP contribution in [0.3, 0.4) is 0 Å². The van der Waals surface area contributed by atoms with Crippen molar-refractivity contribution >= 4 is 50.4 Å². The molecule has 0 aromatic carbocycles. The fourth-order valence-electron chi connectivity index (χ4n) is 7.48. The Balaban J connectivity index is 0.000000294. The van der Waals surface area contributed by atoms with Crippen LogP contribution in [0, 0.1) is 11.8 Å². The highest BCUT2D eigenvalue weighted by molar-refractivity contribution is 7.88. The van der Waals surface area contributed by atoms with Gasteiger partial charge in [0.1, 0.15) is 18.1 Å². The number of sulfonamides is 1. The number of piperazine rings is 2. The predicted molar refractivity (Wildman–Crippen MR) is 213 cm³/mol. The number of ether oxygens (including phenoxy) is 2. The molecule has 0 aromatic rings. The third-order valence-corrected chi connectivity index (χ3v) is 22.8. The van der Waals surface area contributed by atoms with Gasteiger partial charge in [-0.05, 0) is 48.1 Å². The van der Waals surface area contributed by atoms with Crippen molar-refractivity contribution in [2.24, 2.45) is 11.8 Å². The van der Waals surface area contributed by atoms with Crippen molar-refractivity contribution in [3.05, 3.63) is 0 Å². The summed E-state index contributed by atoms with van der Waals surface area (Å²) in [4.78, 5) is 54.5. The molecule has 54 heavy (non-hydrogen) atoms. The first-order chi connectivity index (χ1) is 24.4. The van der Waals surface area contributed by atoms with Crippen molar-refractivity contribution in [1.82, 2.24) is 19.4 Å². The highest BCUT2D eigenvalue weighted by Crippen LogP contribution is 2.43. The SMILES string of the molecule is COC(=O)[C@@H]1C[C@@H](O[Si](C)(C)C(C)(C)C)[C@H]2CN(S(C)(=O)=O)[C@H](C(C)C)C(=O)N21.COC(=O)[C@@H]1C[C@@H](O[Si](C)(C)C(C)(C)C)[C@H]2CN[C@H](C(C)C)C(=O)N21. The van der Waals surface area contributed by atoms with E-state index in [-0.39, 0.29) is 64.4 Å². The molecule has 2 amide bonds. The summed E-state index contributed by atoms with van der Waals surface area (Å²) in [5.41, 5.74) is 0. The lowest BCUT2D eigenvalue weighted by Crippen LogP contribution is -2.66. The van der Waals surface area contributed by atoms with Gasteiger partial charge >= 0.3 is 11.9 Å². The molecule has 1 N–H and O–H groups in total. The second-order valence-corrected chi connectivity index (χ2v) is 30.6. The van der Waals surface area contributed by atoms with E-state index in [2.05, 4.69) is 73.0 Å². The first-order valence-electron chi connectivity index (χ1n) is 19.3. The van der Waals surface area contributed by atoms with Crippen molar-refractivity contribution < 1.29 is 45.9 Å². The van der Waals surface area contributed by atoms with Crippen LogP contribution in [0.5, 0.6) is 0 Å². The average molecular weight is 819 g/mol. The molecule has 0 radical (unpaired) electrons.